The maximum absolute atomic E-state index is 12.7. The first-order chi connectivity index (χ1) is 15.0. The molecule has 0 saturated carbocycles. The fraction of sp³-hybridized carbons (Fsp3) is 0.316. The summed E-state index contributed by atoms with van der Waals surface area (Å²) >= 11 is 0. The summed E-state index contributed by atoms with van der Waals surface area (Å²) in [6.45, 7) is -3.18. The van der Waals surface area contributed by atoms with Crippen LogP contribution in [0.3, 0.4) is 0 Å². The Labute approximate surface area is 178 Å². The molecular formula is C19H18F5N3O5. The highest BCUT2D eigenvalue weighted by Crippen LogP contribution is 2.35. The van der Waals surface area contributed by atoms with Gasteiger partial charge in [0.1, 0.15) is 5.69 Å². The molecular weight excluding hydrogens is 445 g/mol. The third-order valence-electron chi connectivity index (χ3n) is 4.12. The Bertz CT molecular complexity index is 969. The molecule has 0 aliphatic carbocycles. The number of benzene rings is 2. The minimum Gasteiger partial charge on any atom is -0.493 e. The molecule has 32 heavy (non-hydrogen) atoms. The maximum Gasteiger partial charge on any atom is 0.416 e. The van der Waals surface area contributed by atoms with E-state index < -0.39 is 34.9 Å². The zero-order valence-corrected chi connectivity index (χ0v) is 16.5. The van der Waals surface area contributed by atoms with Crippen LogP contribution in [0.15, 0.2) is 36.4 Å². The lowest BCUT2D eigenvalue weighted by Gasteiger charge is -2.12. The van der Waals surface area contributed by atoms with Crippen LogP contribution in [0.25, 0.3) is 0 Å². The number of hydrogen-bond acceptors (Lipinski definition) is 6. The van der Waals surface area contributed by atoms with Crippen LogP contribution in [0.1, 0.15) is 17.5 Å². The topological polar surface area (TPSA) is 103 Å². The van der Waals surface area contributed by atoms with Crippen molar-refractivity contribution in [2.24, 2.45) is 0 Å². The van der Waals surface area contributed by atoms with E-state index in [9.17, 15) is 36.9 Å². The second kappa shape index (κ2) is 10.6. The molecule has 8 nitrogen and oxygen atoms in total. The number of hydrogen-bond donors (Lipinski definition) is 2. The molecule has 0 saturated heterocycles. The molecule has 0 atom stereocenters. The number of nitro benzene ring substituents is 1. The summed E-state index contributed by atoms with van der Waals surface area (Å²) in [4.78, 5) is 22.1. The van der Waals surface area contributed by atoms with E-state index in [2.05, 4.69) is 15.4 Å². The zero-order valence-electron chi connectivity index (χ0n) is 16.5. The zero-order chi connectivity index (χ0) is 23.9. The Balaban J connectivity index is 1.92. The first-order valence-electron chi connectivity index (χ1n) is 8.99. The van der Waals surface area contributed by atoms with E-state index in [1.807, 2.05) is 0 Å². The van der Waals surface area contributed by atoms with E-state index in [1.165, 1.54) is 25.3 Å². The van der Waals surface area contributed by atoms with Gasteiger partial charge in [0.25, 0.3) is 5.69 Å². The Hall–Kier alpha value is -3.64. The van der Waals surface area contributed by atoms with Crippen molar-refractivity contribution >= 4 is 17.3 Å². The average molecular weight is 463 g/mol. The molecule has 0 aliphatic rings. The van der Waals surface area contributed by atoms with Crippen LogP contribution >= 0.6 is 0 Å². The van der Waals surface area contributed by atoms with Gasteiger partial charge in [-0.25, -0.2) is 0 Å². The van der Waals surface area contributed by atoms with Crippen molar-refractivity contribution in [2.75, 3.05) is 19.0 Å². The van der Waals surface area contributed by atoms with Gasteiger partial charge in [-0.3, -0.25) is 14.9 Å². The van der Waals surface area contributed by atoms with Gasteiger partial charge in [-0.15, -0.1) is 0 Å². The van der Waals surface area contributed by atoms with Gasteiger partial charge >= 0.3 is 12.8 Å². The number of rotatable bonds is 10. The van der Waals surface area contributed by atoms with Crippen LogP contribution in [-0.2, 0) is 17.5 Å². The van der Waals surface area contributed by atoms with Gasteiger partial charge in [-0.05, 0) is 29.8 Å². The van der Waals surface area contributed by atoms with Crippen molar-refractivity contribution in [1.29, 1.82) is 0 Å². The van der Waals surface area contributed by atoms with Crippen LogP contribution in [0, 0.1) is 10.1 Å². The molecule has 2 rings (SSSR count). The number of carbonyl (C=O) groups excluding carboxylic acids is 1. The van der Waals surface area contributed by atoms with Gasteiger partial charge in [-0.1, -0.05) is 6.07 Å². The summed E-state index contributed by atoms with van der Waals surface area (Å²) in [6.07, 6.45) is -4.89. The molecule has 0 aliphatic heterocycles. The number of halogens is 5. The number of carbonyl (C=O) groups is 1. The van der Waals surface area contributed by atoms with Gasteiger partial charge in [0.15, 0.2) is 11.5 Å². The highest BCUT2D eigenvalue weighted by atomic mass is 19.4. The Kier molecular flexibility index (Phi) is 8.15. The number of nitro groups is 1. The standard InChI is InChI=1S/C19H18F5N3O5/c1-31-15-5-2-11(8-16(15)32-18(20)21)10-26-17(28)6-7-25-13-4-3-12(19(22,23)24)9-14(13)27(29)30/h2-5,8-9,18,25H,6-7,10H2,1H3,(H,26,28). The molecule has 0 fully saturated rings. The predicted molar refractivity (Wildman–Crippen MR) is 103 cm³/mol. The van der Waals surface area contributed by atoms with E-state index in [0.717, 1.165) is 6.07 Å². The summed E-state index contributed by atoms with van der Waals surface area (Å²) in [5, 5.41) is 16.1. The van der Waals surface area contributed by atoms with Crippen LogP contribution in [0.4, 0.5) is 33.3 Å². The van der Waals surface area contributed by atoms with Crippen molar-refractivity contribution in [1.82, 2.24) is 5.32 Å². The molecule has 0 aromatic heterocycles. The van der Waals surface area contributed by atoms with E-state index in [-0.39, 0.29) is 36.7 Å². The number of alkyl halides is 5. The Morgan fingerprint density at radius 2 is 1.88 bits per heavy atom. The molecule has 2 aromatic rings. The fourth-order valence-corrected chi connectivity index (χ4v) is 2.63. The first-order valence-corrected chi connectivity index (χ1v) is 8.99. The lowest BCUT2D eigenvalue weighted by Crippen LogP contribution is -2.25. The number of methoxy groups -OCH3 is 1. The predicted octanol–water partition coefficient (Wildman–Crippen LogP) is 4.34. The summed E-state index contributed by atoms with van der Waals surface area (Å²) < 4.78 is 72.4. The molecule has 0 heterocycles. The van der Waals surface area contributed by atoms with Crippen LogP contribution < -0.4 is 20.1 Å². The van der Waals surface area contributed by atoms with E-state index in [0.29, 0.717) is 17.7 Å². The Morgan fingerprint density at radius 1 is 1.16 bits per heavy atom. The van der Waals surface area contributed by atoms with Gasteiger partial charge in [-0.2, -0.15) is 22.0 Å². The van der Waals surface area contributed by atoms with Crippen LogP contribution in [0.2, 0.25) is 0 Å². The van der Waals surface area contributed by atoms with Crippen molar-refractivity contribution < 1.29 is 41.1 Å². The lowest BCUT2D eigenvalue weighted by molar-refractivity contribution is -0.384. The molecule has 2 N–H and O–H groups in total. The number of nitrogens with zero attached hydrogens (tertiary/aromatic N) is 1. The SMILES string of the molecule is COc1ccc(CNC(=O)CCNc2ccc(C(F)(F)F)cc2[N+](=O)[O-])cc1OC(F)F. The number of nitrogens with one attached hydrogen (secondary N) is 2. The maximum atomic E-state index is 12.7. The van der Waals surface area contributed by atoms with Crippen molar-refractivity contribution in [3.8, 4) is 11.5 Å². The van der Waals surface area contributed by atoms with Gasteiger partial charge in [0.05, 0.1) is 17.6 Å². The molecule has 1 amide bonds. The van der Waals surface area contributed by atoms with Crippen LogP contribution in [0.5, 0.6) is 11.5 Å². The van der Waals surface area contributed by atoms with E-state index >= 15 is 0 Å². The van der Waals surface area contributed by atoms with Gasteiger partial charge in [0, 0.05) is 25.6 Å². The fourth-order valence-electron chi connectivity index (χ4n) is 2.63. The van der Waals surface area contributed by atoms with Crippen molar-refractivity contribution in [3.63, 3.8) is 0 Å². The molecule has 0 unspecified atom stereocenters. The summed E-state index contributed by atoms with van der Waals surface area (Å²) in [5.41, 5.74) is -1.66. The third-order valence-corrected chi connectivity index (χ3v) is 4.12. The lowest BCUT2D eigenvalue weighted by atomic mass is 10.1. The number of ether oxygens (including phenoxy) is 2. The Morgan fingerprint density at radius 3 is 2.47 bits per heavy atom. The van der Waals surface area contributed by atoms with E-state index in [4.69, 9.17) is 4.74 Å². The quantitative estimate of drug-likeness (QED) is 0.309. The monoisotopic (exact) mass is 463 g/mol. The highest BCUT2D eigenvalue weighted by molar-refractivity contribution is 5.76. The minimum absolute atomic E-state index is 0.0249. The van der Waals surface area contributed by atoms with Crippen LogP contribution in [-0.4, -0.2) is 31.1 Å². The molecule has 0 bridgehead atoms. The van der Waals surface area contributed by atoms with Gasteiger partial charge < -0.3 is 20.1 Å². The van der Waals surface area contributed by atoms with Gasteiger partial charge in [0.2, 0.25) is 5.91 Å². The normalized spacial score (nSPS) is 11.2. The third kappa shape index (κ3) is 6.96. The smallest absolute Gasteiger partial charge is 0.416 e. The molecule has 2 aromatic carbocycles. The summed E-state index contributed by atoms with van der Waals surface area (Å²) in [6, 6.07) is 6.21. The molecule has 13 heteroatoms. The average Bonchev–Trinajstić information content (AvgIpc) is 2.71. The number of amides is 1. The highest BCUT2D eigenvalue weighted by Gasteiger charge is 2.33. The summed E-state index contributed by atoms with van der Waals surface area (Å²) in [7, 11) is 1.28. The molecule has 174 valence electrons. The molecule has 0 radical (unpaired) electrons. The number of anilines is 1. The first kappa shape index (κ1) is 24.6. The largest absolute Gasteiger partial charge is 0.493 e. The van der Waals surface area contributed by atoms with Crippen molar-refractivity contribution in [2.45, 2.75) is 25.8 Å². The molecule has 0 spiro atoms. The minimum atomic E-state index is -4.73. The second-order valence-corrected chi connectivity index (χ2v) is 6.30. The van der Waals surface area contributed by atoms with Crippen molar-refractivity contribution in [3.05, 3.63) is 57.6 Å². The van der Waals surface area contributed by atoms with E-state index in [1.54, 1.807) is 0 Å². The summed E-state index contributed by atoms with van der Waals surface area (Å²) in [5.74, 6) is -0.604. The second-order valence-electron chi connectivity index (χ2n) is 6.30.